The van der Waals surface area contributed by atoms with Gasteiger partial charge in [-0.05, 0) is 56.6 Å². The first-order valence-corrected chi connectivity index (χ1v) is 6.59. The Morgan fingerprint density at radius 1 is 1.44 bits per heavy atom. The zero-order chi connectivity index (χ0) is 12.1. The summed E-state index contributed by atoms with van der Waals surface area (Å²) >= 11 is 12.6. The number of ether oxygens (including phenoxy) is 1. The Labute approximate surface area is 117 Å². The summed E-state index contributed by atoms with van der Waals surface area (Å²) in [6, 6.07) is 4.02. The van der Waals surface area contributed by atoms with Gasteiger partial charge in [0.25, 0.3) is 0 Å². The van der Waals surface area contributed by atoms with Crippen LogP contribution >= 0.6 is 43.5 Å². The van der Waals surface area contributed by atoms with Gasteiger partial charge in [-0.25, -0.2) is 0 Å². The fraction of sp³-hybridized carbons (Fsp3) is 0.273. The second-order valence-electron chi connectivity index (χ2n) is 3.22. The van der Waals surface area contributed by atoms with E-state index >= 15 is 0 Å². The fourth-order valence-electron chi connectivity index (χ4n) is 1.21. The third kappa shape index (κ3) is 4.09. The number of nitrogens with one attached hydrogen (secondary N) is 1. The van der Waals surface area contributed by atoms with Crippen LogP contribution in [0.3, 0.4) is 0 Å². The minimum atomic E-state index is 0.296. The van der Waals surface area contributed by atoms with E-state index in [0.29, 0.717) is 11.6 Å². The minimum absolute atomic E-state index is 0.296. The van der Waals surface area contributed by atoms with Gasteiger partial charge in [0.2, 0.25) is 0 Å². The Morgan fingerprint density at radius 2 is 2.00 bits per heavy atom. The third-order valence-corrected chi connectivity index (χ3v) is 3.10. The van der Waals surface area contributed by atoms with Crippen LogP contribution < -0.4 is 10.1 Å². The van der Waals surface area contributed by atoms with Gasteiger partial charge in [0.1, 0.15) is 12.4 Å². The van der Waals surface area contributed by atoms with Crippen LogP contribution in [0.5, 0.6) is 5.75 Å². The second-order valence-corrected chi connectivity index (χ2v) is 5.47. The van der Waals surface area contributed by atoms with Crippen molar-refractivity contribution >= 4 is 43.5 Å². The van der Waals surface area contributed by atoms with Gasteiger partial charge in [0.05, 0.1) is 8.95 Å². The lowest BCUT2D eigenvalue weighted by molar-refractivity contribution is 0.355. The van der Waals surface area contributed by atoms with Crippen molar-refractivity contribution in [3.8, 4) is 5.75 Å². The smallest absolute Gasteiger partial charge is 0.148 e. The molecule has 1 aromatic rings. The van der Waals surface area contributed by atoms with E-state index in [4.69, 9.17) is 16.3 Å². The van der Waals surface area contributed by atoms with Crippen LogP contribution in [0.2, 0.25) is 0 Å². The number of hydrogen-bond acceptors (Lipinski definition) is 2. The minimum Gasteiger partial charge on any atom is -0.486 e. The molecule has 0 fully saturated rings. The Kier molecular flexibility index (Phi) is 5.83. The summed E-state index contributed by atoms with van der Waals surface area (Å²) in [5, 5.41) is 3.56. The van der Waals surface area contributed by atoms with Crippen LogP contribution in [0.4, 0.5) is 0 Å². The van der Waals surface area contributed by atoms with Crippen LogP contribution in [0.15, 0.2) is 32.7 Å². The highest BCUT2D eigenvalue weighted by Crippen LogP contribution is 2.35. The van der Waals surface area contributed by atoms with Crippen molar-refractivity contribution in [1.82, 2.24) is 5.32 Å². The molecule has 0 aliphatic rings. The number of halogens is 3. The lowest BCUT2D eigenvalue weighted by Gasteiger charge is -2.11. The van der Waals surface area contributed by atoms with Crippen molar-refractivity contribution in [2.45, 2.75) is 6.54 Å². The van der Waals surface area contributed by atoms with Crippen LogP contribution in [-0.2, 0) is 6.54 Å². The molecule has 0 aliphatic carbocycles. The first kappa shape index (κ1) is 14.0. The molecule has 0 unspecified atom stereocenters. The van der Waals surface area contributed by atoms with E-state index in [1.54, 1.807) is 0 Å². The predicted octanol–water partition coefficient (Wildman–Crippen LogP) is 4.06. The fourth-order valence-corrected chi connectivity index (χ4v) is 2.77. The van der Waals surface area contributed by atoms with E-state index in [1.165, 1.54) is 5.56 Å². The molecule has 0 heterocycles. The normalized spacial score (nSPS) is 10.2. The summed E-state index contributed by atoms with van der Waals surface area (Å²) in [6.07, 6.45) is 0. The molecule has 0 spiro atoms. The molecule has 0 radical (unpaired) electrons. The lowest BCUT2D eigenvalue weighted by atomic mass is 10.2. The summed E-state index contributed by atoms with van der Waals surface area (Å²) in [7, 11) is 1.91. The molecule has 0 saturated carbocycles. The van der Waals surface area contributed by atoms with Crippen molar-refractivity contribution in [3.63, 3.8) is 0 Å². The molecule has 0 bridgehead atoms. The van der Waals surface area contributed by atoms with Crippen LogP contribution in [0.25, 0.3) is 0 Å². The first-order chi connectivity index (χ1) is 7.54. The second kappa shape index (κ2) is 6.64. The number of rotatable bonds is 5. The van der Waals surface area contributed by atoms with Crippen molar-refractivity contribution < 1.29 is 4.74 Å². The zero-order valence-electron chi connectivity index (χ0n) is 8.82. The van der Waals surface area contributed by atoms with E-state index in [1.807, 2.05) is 19.2 Å². The van der Waals surface area contributed by atoms with Crippen molar-refractivity contribution in [2.24, 2.45) is 0 Å². The highest BCUT2D eigenvalue weighted by molar-refractivity contribution is 9.11. The molecular weight excluding hydrogens is 357 g/mol. The number of benzene rings is 1. The summed E-state index contributed by atoms with van der Waals surface area (Å²) in [6.45, 7) is 4.68. The topological polar surface area (TPSA) is 21.3 Å². The Bertz CT molecular complexity index is 373. The van der Waals surface area contributed by atoms with E-state index in [2.05, 4.69) is 43.8 Å². The molecule has 5 heteroatoms. The highest BCUT2D eigenvalue weighted by atomic mass is 79.9. The maximum absolute atomic E-state index is 5.65. The van der Waals surface area contributed by atoms with Gasteiger partial charge < -0.3 is 10.1 Å². The predicted molar refractivity (Wildman–Crippen MR) is 75.1 cm³/mol. The molecule has 0 atom stereocenters. The van der Waals surface area contributed by atoms with Crippen LogP contribution in [0.1, 0.15) is 5.56 Å². The SMILES string of the molecule is C=C(Cl)COc1c(Br)cc(CNC)cc1Br. The first-order valence-electron chi connectivity index (χ1n) is 4.63. The Morgan fingerprint density at radius 3 is 2.44 bits per heavy atom. The molecule has 2 nitrogen and oxygen atoms in total. The maximum atomic E-state index is 5.65. The van der Waals surface area contributed by atoms with Crippen LogP contribution in [0, 0.1) is 0 Å². The maximum Gasteiger partial charge on any atom is 0.148 e. The van der Waals surface area contributed by atoms with Gasteiger partial charge in [-0.15, -0.1) is 0 Å². The Hall–Kier alpha value is -0.0300. The lowest BCUT2D eigenvalue weighted by Crippen LogP contribution is -2.05. The van der Waals surface area contributed by atoms with Crippen molar-refractivity contribution in [2.75, 3.05) is 13.7 Å². The molecule has 1 rings (SSSR count). The molecule has 0 saturated heterocycles. The summed E-state index contributed by atoms with van der Waals surface area (Å²) in [5.41, 5.74) is 1.17. The Balaban J connectivity index is 2.89. The average Bonchev–Trinajstić information content (AvgIpc) is 2.16. The highest BCUT2D eigenvalue weighted by Gasteiger charge is 2.08. The molecule has 88 valence electrons. The van der Waals surface area contributed by atoms with Gasteiger partial charge in [-0.3, -0.25) is 0 Å². The molecule has 16 heavy (non-hydrogen) atoms. The standard InChI is InChI=1S/C11H12Br2ClNO/c1-7(14)6-16-11-9(12)3-8(5-15-2)4-10(11)13/h3-4,15H,1,5-6H2,2H3. The van der Waals surface area contributed by atoms with Gasteiger partial charge in [0.15, 0.2) is 0 Å². The van der Waals surface area contributed by atoms with Gasteiger partial charge >= 0.3 is 0 Å². The zero-order valence-corrected chi connectivity index (χ0v) is 12.7. The quantitative estimate of drug-likeness (QED) is 0.845. The molecule has 0 amide bonds. The summed E-state index contributed by atoms with van der Waals surface area (Å²) in [5.74, 6) is 0.738. The molecule has 1 aromatic carbocycles. The van der Waals surface area contributed by atoms with Crippen molar-refractivity contribution in [3.05, 3.63) is 38.3 Å². The summed E-state index contributed by atoms with van der Waals surface area (Å²) in [4.78, 5) is 0. The largest absolute Gasteiger partial charge is 0.486 e. The average molecular weight is 369 g/mol. The molecule has 0 aromatic heterocycles. The van der Waals surface area contributed by atoms with Crippen LogP contribution in [-0.4, -0.2) is 13.7 Å². The van der Waals surface area contributed by atoms with Gasteiger partial charge in [0, 0.05) is 11.6 Å². The summed E-state index contributed by atoms with van der Waals surface area (Å²) < 4.78 is 7.30. The van der Waals surface area contributed by atoms with Gasteiger partial charge in [-0.1, -0.05) is 18.2 Å². The van der Waals surface area contributed by atoms with E-state index in [-0.39, 0.29) is 0 Å². The van der Waals surface area contributed by atoms with E-state index < -0.39 is 0 Å². The third-order valence-electron chi connectivity index (χ3n) is 1.81. The molecule has 0 aliphatic heterocycles. The monoisotopic (exact) mass is 367 g/mol. The number of hydrogen-bond donors (Lipinski definition) is 1. The van der Waals surface area contributed by atoms with E-state index in [0.717, 1.165) is 21.2 Å². The van der Waals surface area contributed by atoms with E-state index in [9.17, 15) is 0 Å². The van der Waals surface area contributed by atoms with Gasteiger partial charge in [-0.2, -0.15) is 0 Å². The van der Waals surface area contributed by atoms with Crippen molar-refractivity contribution in [1.29, 1.82) is 0 Å². The molecular formula is C11H12Br2ClNO. The molecule has 1 N–H and O–H groups in total.